The lowest BCUT2D eigenvalue weighted by atomic mass is 10.5. The SMILES string of the molecule is CCO[N+](CC)(CC)CC.[Cl-]. The van der Waals surface area contributed by atoms with E-state index in [0.29, 0.717) is 0 Å². The summed E-state index contributed by atoms with van der Waals surface area (Å²) >= 11 is 0. The monoisotopic (exact) mass is 181 g/mol. The molecule has 3 heteroatoms. The summed E-state index contributed by atoms with van der Waals surface area (Å²) in [5.74, 6) is 0. The molecule has 0 aromatic carbocycles. The smallest absolute Gasteiger partial charge is 0.106 e. The molecule has 0 aliphatic rings. The highest BCUT2D eigenvalue weighted by Gasteiger charge is 2.21. The van der Waals surface area contributed by atoms with E-state index in [9.17, 15) is 0 Å². The van der Waals surface area contributed by atoms with Crippen molar-refractivity contribution < 1.29 is 21.9 Å². The van der Waals surface area contributed by atoms with Crippen LogP contribution in [0.4, 0.5) is 0 Å². The Balaban J connectivity index is 0. The van der Waals surface area contributed by atoms with Crippen molar-refractivity contribution >= 4 is 0 Å². The highest BCUT2D eigenvalue weighted by atomic mass is 35.5. The molecule has 0 amide bonds. The summed E-state index contributed by atoms with van der Waals surface area (Å²) in [6.45, 7) is 12.6. The Morgan fingerprint density at radius 3 is 1.36 bits per heavy atom. The van der Waals surface area contributed by atoms with E-state index in [2.05, 4.69) is 20.8 Å². The van der Waals surface area contributed by atoms with Crippen molar-refractivity contribution in [1.82, 2.24) is 0 Å². The Morgan fingerprint density at radius 2 is 1.27 bits per heavy atom. The maximum Gasteiger partial charge on any atom is 0.106 e. The van der Waals surface area contributed by atoms with Crippen LogP contribution in [-0.2, 0) is 4.84 Å². The number of halogens is 1. The van der Waals surface area contributed by atoms with Crippen molar-refractivity contribution in [2.24, 2.45) is 0 Å². The van der Waals surface area contributed by atoms with Crippen molar-refractivity contribution in [3.63, 3.8) is 0 Å². The predicted octanol–water partition coefficient (Wildman–Crippen LogP) is -1.18. The summed E-state index contributed by atoms with van der Waals surface area (Å²) in [7, 11) is 0. The summed E-state index contributed by atoms with van der Waals surface area (Å²) in [4.78, 5) is 5.61. The third-order valence-electron chi connectivity index (χ3n) is 2.13. The van der Waals surface area contributed by atoms with Gasteiger partial charge in [-0.2, -0.15) is 4.65 Å². The summed E-state index contributed by atoms with van der Waals surface area (Å²) in [6.07, 6.45) is 0. The minimum absolute atomic E-state index is 0. The largest absolute Gasteiger partial charge is 1.00 e. The Kier molecular flexibility index (Phi) is 8.63. The van der Waals surface area contributed by atoms with Gasteiger partial charge in [0.1, 0.15) is 26.2 Å². The van der Waals surface area contributed by atoms with Gasteiger partial charge in [-0.05, 0) is 27.7 Å². The molecule has 0 N–H and O–H groups in total. The summed E-state index contributed by atoms with van der Waals surface area (Å²) in [5, 5.41) is 0. The number of hydrogen-bond acceptors (Lipinski definition) is 1. The fraction of sp³-hybridized carbons (Fsp3) is 1.00. The second kappa shape index (κ2) is 6.89. The average molecular weight is 182 g/mol. The van der Waals surface area contributed by atoms with Gasteiger partial charge in [-0.25, -0.2) is 4.84 Å². The van der Waals surface area contributed by atoms with Crippen molar-refractivity contribution in [2.45, 2.75) is 27.7 Å². The van der Waals surface area contributed by atoms with Crippen molar-refractivity contribution in [3.8, 4) is 0 Å². The van der Waals surface area contributed by atoms with E-state index in [1.54, 1.807) is 0 Å². The molecule has 0 heterocycles. The molecule has 2 nitrogen and oxygen atoms in total. The molecule has 0 fully saturated rings. The fourth-order valence-corrected chi connectivity index (χ4v) is 1.22. The zero-order chi connectivity index (χ0) is 8.04. The summed E-state index contributed by atoms with van der Waals surface area (Å²) < 4.78 is 0.802. The molecule has 0 atom stereocenters. The van der Waals surface area contributed by atoms with Crippen molar-refractivity contribution in [3.05, 3.63) is 0 Å². The van der Waals surface area contributed by atoms with E-state index in [4.69, 9.17) is 4.84 Å². The minimum Gasteiger partial charge on any atom is -1.00 e. The first-order chi connectivity index (χ1) is 4.74. The quantitative estimate of drug-likeness (QED) is 0.383. The van der Waals surface area contributed by atoms with Gasteiger partial charge >= 0.3 is 0 Å². The van der Waals surface area contributed by atoms with Gasteiger partial charge in [-0.3, -0.25) is 0 Å². The Labute approximate surface area is 76.5 Å². The molecule has 0 aliphatic carbocycles. The van der Waals surface area contributed by atoms with Crippen LogP contribution in [0.1, 0.15) is 27.7 Å². The number of quaternary nitrogens is 1. The molecule has 0 aliphatic heterocycles. The van der Waals surface area contributed by atoms with Crippen molar-refractivity contribution in [2.75, 3.05) is 26.2 Å². The van der Waals surface area contributed by atoms with Crippen LogP contribution in [0, 0.1) is 0 Å². The van der Waals surface area contributed by atoms with Crippen LogP contribution in [0.5, 0.6) is 0 Å². The maximum absolute atomic E-state index is 5.61. The lowest BCUT2D eigenvalue weighted by molar-refractivity contribution is -1.10. The normalized spacial score (nSPS) is 10.9. The number of nitrogens with zero attached hydrogens (tertiary/aromatic N) is 1. The first-order valence-corrected chi connectivity index (χ1v) is 4.25. The number of hydrogen-bond donors (Lipinski definition) is 0. The van der Waals surface area contributed by atoms with Gasteiger partial charge in [0, 0.05) is 0 Å². The van der Waals surface area contributed by atoms with Crippen LogP contribution in [0.15, 0.2) is 0 Å². The molecule has 0 unspecified atom stereocenters. The van der Waals surface area contributed by atoms with Crippen LogP contribution < -0.4 is 12.4 Å². The predicted molar refractivity (Wildman–Crippen MR) is 43.5 cm³/mol. The maximum atomic E-state index is 5.61. The standard InChI is InChI=1S/C8H20NO.ClH/c1-5-9(6-2,7-3)10-8-4;/h5-8H2,1-4H3;1H/q+1;/p-1. The molecule has 0 aromatic heterocycles. The van der Waals surface area contributed by atoms with Crippen LogP contribution in [0.25, 0.3) is 0 Å². The Morgan fingerprint density at radius 1 is 0.909 bits per heavy atom. The number of rotatable bonds is 5. The molecule has 0 aromatic rings. The van der Waals surface area contributed by atoms with Gasteiger partial charge in [0.25, 0.3) is 0 Å². The lowest BCUT2D eigenvalue weighted by Gasteiger charge is -2.31. The van der Waals surface area contributed by atoms with Crippen LogP contribution in [0.3, 0.4) is 0 Å². The molecule has 0 spiro atoms. The molecule has 70 valence electrons. The topological polar surface area (TPSA) is 9.23 Å². The summed E-state index contributed by atoms with van der Waals surface area (Å²) in [6, 6.07) is 0. The molecule has 0 radical (unpaired) electrons. The second-order valence-electron chi connectivity index (χ2n) is 2.42. The molecule has 0 bridgehead atoms. The molecule has 0 saturated carbocycles. The molecular formula is C8H20ClNO. The van der Waals surface area contributed by atoms with E-state index in [1.807, 2.05) is 6.92 Å². The van der Waals surface area contributed by atoms with E-state index in [0.717, 1.165) is 30.9 Å². The second-order valence-corrected chi connectivity index (χ2v) is 2.42. The zero-order valence-electron chi connectivity index (χ0n) is 8.06. The summed E-state index contributed by atoms with van der Waals surface area (Å²) in [5.41, 5.74) is 0. The van der Waals surface area contributed by atoms with Gasteiger partial charge in [0.05, 0.1) is 0 Å². The van der Waals surface area contributed by atoms with E-state index in [-0.39, 0.29) is 12.4 Å². The number of hydroxylamine groups is 3. The van der Waals surface area contributed by atoms with Gasteiger partial charge in [0.2, 0.25) is 0 Å². The Bertz CT molecular complexity index is 75.9. The van der Waals surface area contributed by atoms with Gasteiger partial charge in [0.15, 0.2) is 0 Å². The fourth-order valence-electron chi connectivity index (χ4n) is 1.22. The van der Waals surface area contributed by atoms with Gasteiger partial charge in [-0.15, -0.1) is 0 Å². The highest BCUT2D eigenvalue weighted by molar-refractivity contribution is 4.22. The first-order valence-electron chi connectivity index (χ1n) is 4.25. The zero-order valence-corrected chi connectivity index (χ0v) is 8.82. The molecule has 0 rings (SSSR count). The Hall–Kier alpha value is 0.210. The van der Waals surface area contributed by atoms with E-state index < -0.39 is 0 Å². The van der Waals surface area contributed by atoms with Crippen LogP contribution in [-0.4, -0.2) is 30.9 Å². The van der Waals surface area contributed by atoms with E-state index >= 15 is 0 Å². The van der Waals surface area contributed by atoms with Crippen LogP contribution in [0.2, 0.25) is 0 Å². The molecule has 0 saturated heterocycles. The van der Waals surface area contributed by atoms with E-state index in [1.165, 1.54) is 0 Å². The third-order valence-corrected chi connectivity index (χ3v) is 2.13. The average Bonchev–Trinajstić information content (AvgIpc) is 2.01. The third kappa shape index (κ3) is 3.94. The van der Waals surface area contributed by atoms with Crippen LogP contribution >= 0.6 is 0 Å². The minimum atomic E-state index is 0. The van der Waals surface area contributed by atoms with Crippen molar-refractivity contribution in [1.29, 1.82) is 0 Å². The van der Waals surface area contributed by atoms with Gasteiger partial charge < -0.3 is 12.4 Å². The molecule has 11 heavy (non-hydrogen) atoms. The first kappa shape index (κ1) is 13.8. The highest BCUT2D eigenvalue weighted by Crippen LogP contribution is 2.05. The molecular weight excluding hydrogens is 162 g/mol. The lowest BCUT2D eigenvalue weighted by Crippen LogP contribution is -3.00. The van der Waals surface area contributed by atoms with Gasteiger partial charge in [-0.1, -0.05) is 0 Å².